The minimum absolute atomic E-state index is 0.461. The molecule has 0 heterocycles. The molecule has 0 radical (unpaired) electrons. The molecule has 0 bridgehead atoms. The van der Waals surface area contributed by atoms with Crippen LogP contribution in [0.3, 0.4) is 0 Å². The smallest absolute Gasteiger partial charge is 0.411 e. The number of carbonyl (C=O) groups excluding carboxylic acids is 3. The van der Waals surface area contributed by atoms with Gasteiger partial charge in [-0.15, -0.1) is 0 Å². The van der Waals surface area contributed by atoms with Crippen LogP contribution in [-0.2, 0) is 23.9 Å². The normalized spacial score (nSPS) is 13.0. The molecular weight excluding hydrogens is 322 g/mol. The Hall–Kier alpha value is -2.74. The molecule has 0 aliphatic carbocycles. The Kier molecular flexibility index (Phi) is 7.78. The topological polar surface area (TPSA) is 155 Å². The van der Waals surface area contributed by atoms with E-state index in [1.54, 1.807) is 20.8 Å². The first-order valence-electron chi connectivity index (χ1n) is 6.99. The number of aliphatic carboxylic acids is 1. The van der Waals surface area contributed by atoms with Gasteiger partial charge in [-0.2, -0.15) is 4.79 Å². The molecule has 1 amide bonds. The largest absolute Gasteiger partial charge is 0.479 e. The van der Waals surface area contributed by atoms with E-state index in [2.05, 4.69) is 4.79 Å². The molecule has 0 aliphatic rings. The lowest BCUT2D eigenvalue weighted by molar-refractivity contribution is -0.174. The Morgan fingerprint density at radius 2 is 1.75 bits per heavy atom. The summed E-state index contributed by atoms with van der Waals surface area (Å²) in [5, 5.41) is 11.0. The summed E-state index contributed by atoms with van der Waals surface area (Å²) in [6, 6.07) is -1.77. The van der Waals surface area contributed by atoms with Gasteiger partial charge in [0.1, 0.15) is 12.2 Å². The van der Waals surface area contributed by atoms with Crippen LogP contribution in [0.5, 0.6) is 0 Å². The van der Waals surface area contributed by atoms with Crippen LogP contribution in [0, 0.1) is 5.41 Å². The van der Waals surface area contributed by atoms with Crippen molar-refractivity contribution in [1.82, 2.24) is 5.32 Å². The van der Waals surface area contributed by atoms with Crippen LogP contribution in [0.2, 0.25) is 0 Å². The second-order valence-corrected chi connectivity index (χ2v) is 6.01. The highest BCUT2D eigenvalue weighted by atomic mass is 16.7. The maximum Gasteiger partial charge on any atom is 0.411 e. The van der Waals surface area contributed by atoms with Crippen LogP contribution >= 0.6 is 0 Å². The molecule has 0 saturated heterocycles. The van der Waals surface area contributed by atoms with Crippen molar-refractivity contribution in [2.75, 3.05) is 0 Å². The molecule has 0 aliphatic heterocycles. The molecule has 10 heteroatoms. The zero-order valence-corrected chi connectivity index (χ0v) is 14.2. The quantitative estimate of drug-likeness (QED) is 0.227. The molecule has 24 heavy (non-hydrogen) atoms. The molecule has 10 nitrogen and oxygen atoms in total. The Balaban J connectivity index is 4.86. The third-order valence-corrected chi connectivity index (χ3v) is 2.56. The summed E-state index contributed by atoms with van der Waals surface area (Å²) in [7, 11) is 0. The molecule has 0 rings (SSSR count). The first-order chi connectivity index (χ1) is 10.9. The van der Waals surface area contributed by atoms with Crippen LogP contribution in [-0.4, -0.2) is 51.8 Å². The summed E-state index contributed by atoms with van der Waals surface area (Å²) in [5.41, 5.74) is 7.53. The van der Waals surface area contributed by atoms with Gasteiger partial charge in [-0.05, 0) is 27.7 Å². The number of rotatable bonds is 7. The molecule has 2 N–H and O–H groups in total. The number of ketones is 1. The monoisotopic (exact) mass is 343 g/mol. The van der Waals surface area contributed by atoms with E-state index >= 15 is 0 Å². The maximum absolute atomic E-state index is 11.7. The number of carboxylic acids is 1. The molecule has 0 aromatic rings. The third kappa shape index (κ3) is 7.50. The highest BCUT2D eigenvalue weighted by Gasteiger charge is 2.34. The minimum Gasteiger partial charge on any atom is -0.479 e. The highest BCUT2D eigenvalue weighted by Crippen LogP contribution is 2.16. The van der Waals surface area contributed by atoms with E-state index in [0.29, 0.717) is 0 Å². The molecule has 2 unspecified atom stereocenters. The number of esters is 1. The molecule has 0 aromatic carbocycles. The van der Waals surface area contributed by atoms with Crippen molar-refractivity contribution < 1.29 is 38.5 Å². The van der Waals surface area contributed by atoms with Gasteiger partial charge in [-0.3, -0.25) is 14.9 Å². The van der Waals surface area contributed by atoms with Gasteiger partial charge in [0.15, 0.2) is 0 Å². The summed E-state index contributed by atoms with van der Waals surface area (Å²) in [4.78, 5) is 48.2. The molecule has 0 aromatic heterocycles. The van der Waals surface area contributed by atoms with Crippen molar-refractivity contribution in [2.45, 2.75) is 53.4 Å². The average molecular weight is 343 g/mol. The predicted molar refractivity (Wildman–Crippen MR) is 80.0 cm³/mol. The van der Waals surface area contributed by atoms with E-state index in [9.17, 15) is 19.2 Å². The Morgan fingerprint density at radius 1 is 1.21 bits per heavy atom. The summed E-state index contributed by atoms with van der Waals surface area (Å²) in [6.45, 7) is 7.25. The summed E-state index contributed by atoms with van der Waals surface area (Å²) in [5.74, 6) is -2.64. The zero-order chi connectivity index (χ0) is 19.1. The van der Waals surface area contributed by atoms with Gasteiger partial charge >= 0.3 is 23.7 Å². The number of nitrogens with one attached hydrogen (secondary N) is 1. The Labute approximate surface area is 138 Å². The van der Waals surface area contributed by atoms with Gasteiger partial charge in [0.25, 0.3) is 0 Å². The van der Waals surface area contributed by atoms with E-state index in [1.807, 2.05) is 5.32 Å². The molecule has 134 valence electrons. The molecule has 0 fully saturated rings. The van der Waals surface area contributed by atoms with Gasteiger partial charge in [0, 0.05) is 6.92 Å². The fourth-order valence-electron chi connectivity index (χ4n) is 1.39. The summed E-state index contributed by atoms with van der Waals surface area (Å²) in [6.07, 6.45) is -2.96. The lowest BCUT2D eigenvalue weighted by Gasteiger charge is -2.21. The Bertz CT molecular complexity index is 573. The van der Waals surface area contributed by atoms with Crippen molar-refractivity contribution in [2.24, 2.45) is 5.41 Å². The molecular formula is C14H21N3O7. The van der Waals surface area contributed by atoms with Gasteiger partial charge in [0.05, 0.1) is 5.41 Å². The summed E-state index contributed by atoms with van der Waals surface area (Å²) >= 11 is 0. The number of carbonyl (C=O) groups is 4. The number of amides is 1. The number of hydrogen-bond acceptors (Lipinski definition) is 6. The maximum atomic E-state index is 11.7. The molecule has 0 spiro atoms. The fourth-order valence-corrected chi connectivity index (χ4v) is 1.39. The van der Waals surface area contributed by atoms with Crippen LogP contribution in [0.25, 0.3) is 5.53 Å². The first-order valence-corrected chi connectivity index (χ1v) is 6.99. The number of ether oxygens (including phenoxy) is 2. The standard InChI is InChI=1S/C14H21N3O7/c1-7(18)6-9(17-15)10(11(19)20)16-13(22)24-8(2)23-12(21)14(3,4)5/h8,10H,6H2,1-5H3,(H,16,22)(H,19,20). The van der Waals surface area contributed by atoms with Crippen molar-refractivity contribution >= 4 is 29.5 Å². The van der Waals surface area contributed by atoms with Crippen LogP contribution in [0.15, 0.2) is 0 Å². The number of alkyl carbamates (subject to hydrolysis) is 1. The Morgan fingerprint density at radius 3 is 2.12 bits per heavy atom. The van der Waals surface area contributed by atoms with E-state index < -0.39 is 53.7 Å². The van der Waals surface area contributed by atoms with Crippen molar-refractivity contribution in [3.63, 3.8) is 0 Å². The first kappa shape index (κ1) is 21.3. The predicted octanol–water partition coefficient (Wildman–Crippen LogP) is 0.751. The van der Waals surface area contributed by atoms with Crippen LogP contribution < -0.4 is 5.32 Å². The van der Waals surface area contributed by atoms with Crippen molar-refractivity contribution in [3.05, 3.63) is 5.53 Å². The molecule has 0 saturated carbocycles. The van der Waals surface area contributed by atoms with Gasteiger partial charge < -0.3 is 20.1 Å². The number of Topliss-reactive ketones (excluding diaryl/α,β-unsaturated/α-hetero) is 1. The summed E-state index contributed by atoms with van der Waals surface area (Å²) < 4.78 is 9.59. The van der Waals surface area contributed by atoms with Crippen LogP contribution in [0.1, 0.15) is 41.0 Å². The van der Waals surface area contributed by atoms with E-state index in [4.69, 9.17) is 20.1 Å². The molecule has 2 atom stereocenters. The zero-order valence-electron chi connectivity index (χ0n) is 14.2. The van der Waals surface area contributed by atoms with Crippen molar-refractivity contribution in [1.29, 1.82) is 0 Å². The van der Waals surface area contributed by atoms with Gasteiger partial charge in [-0.1, -0.05) is 0 Å². The van der Waals surface area contributed by atoms with E-state index in [-0.39, 0.29) is 0 Å². The third-order valence-electron chi connectivity index (χ3n) is 2.56. The lowest BCUT2D eigenvalue weighted by atomic mass is 9.97. The van der Waals surface area contributed by atoms with Crippen LogP contribution in [0.4, 0.5) is 4.79 Å². The number of nitrogens with zero attached hydrogens (tertiary/aromatic N) is 2. The van der Waals surface area contributed by atoms with E-state index in [1.165, 1.54) is 6.92 Å². The second kappa shape index (κ2) is 8.78. The SMILES string of the molecule is CC(=O)CC(=[N+]=[N-])C(NC(=O)OC(C)OC(=O)C(C)(C)C)C(=O)O. The minimum atomic E-state index is -1.77. The number of carboxylic acid groups (broad SMARTS) is 1. The van der Waals surface area contributed by atoms with Gasteiger partial charge in [-0.25, -0.2) is 9.59 Å². The second-order valence-electron chi connectivity index (χ2n) is 6.01. The van der Waals surface area contributed by atoms with E-state index in [0.717, 1.165) is 6.92 Å². The average Bonchev–Trinajstić information content (AvgIpc) is 2.40. The van der Waals surface area contributed by atoms with Crippen molar-refractivity contribution in [3.8, 4) is 0 Å². The number of hydrogen-bond donors (Lipinski definition) is 2. The van der Waals surface area contributed by atoms with Gasteiger partial charge in [0.2, 0.25) is 12.3 Å². The lowest BCUT2D eigenvalue weighted by Crippen LogP contribution is -2.48. The fraction of sp³-hybridized carbons (Fsp3) is 0.643. The highest BCUT2D eigenvalue weighted by molar-refractivity contribution is 6.11.